The van der Waals surface area contributed by atoms with Gasteiger partial charge in [0.15, 0.2) is 0 Å². The van der Waals surface area contributed by atoms with Crippen molar-refractivity contribution >= 4 is 28.4 Å². The minimum atomic E-state index is -0.235. The van der Waals surface area contributed by atoms with Crippen LogP contribution in [-0.2, 0) is 0 Å². The molecule has 2 heterocycles. The van der Waals surface area contributed by atoms with Gasteiger partial charge in [0, 0.05) is 25.2 Å². The molecule has 0 saturated carbocycles. The lowest BCUT2D eigenvalue weighted by Crippen LogP contribution is -2.23. The van der Waals surface area contributed by atoms with Crippen LogP contribution in [0.4, 0.5) is 5.82 Å². The number of β-amino-alcohol motifs (C(OH)–C–C–N with tert-alkyl or cyclic N) is 1. The molecule has 0 spiro atoms. The Kier molecular flexibility index (Phi) is 2.87. The Morgan fingerprint density at radius 3 is 2.93 bits per heavy atom. The molecule has 2 atom stereocenters. The van der Waals surface area contributed by atoms with Gasteiger partial charge in [-0.3, -0.25) is 0 Å². The second kappa shape index (κ2) is 3.98. The number of anilines is 1. The molecule has 1 aromatic rings. The van der Waals surface area contributed by atoms with Gasteiger partial charge in [-0.05, 0) is 22.6 Å². The van der Waals surface area contributed by atoms with Crippen molar-refractivity contribution in [2.75, 3.05) is 18.0 Å². The van der Waals surface area contributed by atoms with Gasteiger partial charge in [0.2, 0.25) is 0 Å². The summed E-state index contributed by atoms with van der Waals surface area (Å²) >= 11 is 2.22. The van der Waals surface area contributed by atoms with Crippen LogP contribution in [0.2, 0.25) is 0 Å². The smallest absolute Gasteiger partial charge is 0.145 e. The van der Waals surface area contributed by atoms with E-state index in [9.17, 15) is 5.11 Å². The number of hydrogen-bond donors (Lipinski definition) is 1. The molecule has 1 aliphatic heterocycles. The van der Waals surface area contributed by atoms with Crippen LogP contribution in [0.3, 0.4) is 0 Å². The first-order valence-corrected chi connectivity index (χ1v) is 5.65. The Balaban J connectivity index is 2.21. The van der Waals surface area contributed by atoms with E-state index in [1.807, 2.05) is 0 Å². The molecule has 1 saturated heterocycles. The number of aliphatic hydroxyl groups is 1. The Labute approximate surface area is 96.5 Å². The van der Waals surface area contributed by atoms with Gasteiger partial charge in [-0.25, -0.2) is 9.97 Å². The normalized spacial score (nSPS) is 26.9. The molecule has 76 valence electrons. The first kappa shape index (κ1) is 10.1. The van der Waals surface area contributed by atoms with Crippen molar-refractivity contribution in [1.82, 2.24) is 9.97 Å². The van der Waals surface area contributed by atoms with Gasteiger partial charge in [0.05, 0.1) is 9.67 Å². The zero-order valence-electron chi connectivity index (χ0n) is 7.89. The number of aromatic nitrogens is 2. The second-order valence-corrected chi connectivity index (χ2v) is 4.81. The monoisotopic (exact) mass is 305 g/mol. The van der Waals surface area contributed by atoms with Crippen molar-refractivity contribution in [3.63, 3.8) is 0 Å². The fourth-order valence-electron chi connectivity index (χ4n) is 1.66. The molecule has 0 aromatic carbocycles. The van der Waals surface area contributed by atoms with E-state index in [-0.39, 0.29) is 6.10 Å². The number of rotatable bonds is 1. The summed E-state index contributed by atoms with van der Waals surface area (Å²) in [6, 6.07) is 0. The molecule has 2 rings (SSSR count). The molecular weight excluding hydrogens is 293 g/mol. The van der Waals surface area contributed by atoms with Gasteiger partial charge < -0.3 is 10.0 Å². The Morgan fingerprint density at radius 2 is 2.36 bits per heavy atom. The first-order chi connectivity index (χ1) is 6.68. The Bertz CT molecular complexity index is 324. The molecule has 1 aliphatic rings. The van der Waals surface area contributed by atoms with E-state index < -0.39 is 0 Å². The maximum Gasteiger partial charge on any atom is 0.145 e. The summed E-state index contributed by atoms with van der Waals surface area (Å²) in [4.78, 5) is 10.3. The molecule has 1 fully saturated rings. The van der Waals surface area contributed by atoms with Gasteiger partial charge in [0.1, 0.15) is 12.1 Å². The third-order valence-corrected chi connectivity index (χ3v) is 3.28. The summed E-state index contributed by atoms with van der Waals surface area (Å²) in [6.07, 6.45) is 3.10. The number of halogens is 1. The number of aliphatic hydroxyl groups excluding tert-OH is 1. The van der Waals surface area contributed by atoms with Crippen LogP contribution in [0.15, 0.2) is 12.5 Å². The van der Waals surface area contributed by atoms with Crippen LogP contribution < -0.4 is 4.90 Å². The van der Waals surface area contributed by atoms with Crippen LogP contribution >= 0.6 is 22.6 Å². The Hall–Kier alpha value is -0.430. The molecule has 0 radical (unpaired) electrons. The van der Waals surface area contributed by atoms with Crippen LogP contribution in [0, 0.1) is 9.49 Å². The van der Waals surface area contributed by atoms with Crippen molar-refractivity contribution in [3.8, 4) is 0 Å². The summed E-state index contributed by atoms with van der Waals surface area (Å²) in [6.45, 7) is 3.60. The highest BCUT2D eigenvalue weighted by atomic mass is 127. The van der Waals surface area contributed by atoms with Crippen molar-refractivity contribution in [3.05, 3.63) is 16.1 Å². The lowest BCUT2D eigenvalue weighted by atomic mass is 10.1. The molecule has 14 heavy (non-hydrogen) atoms. The van der Waals surface area contributed by atoms with Gasteiger partial charge in [0.25, 0.3) is 0 Å². The van der Waals surface area contributed by atoms with Crippen LogP contribution in [-0.4, -0.2) is 34.3 Å². The van der Waals surface area contributed by atoms with Crippen molar-refractivity contribution in [2.24, 2.45) is 5.92 Å². The van der Waals surface area contributed by atoms with Gasteiger partial charge in [-0.2, -0.15) is 0 Å². The minimum absolute atomic E-state index is 0.235. The maximum atomic E-state index is 9.63. The van der Waals surface area contributed by atoms with E-state index in [4.69, 9.17) is 0 Å². The molecule has 5 heteroatoms. The fourth-order valence-corrected chi connectivity index (χ4v) is 2.30. The summed E-state index contributed by atoms with van der Waals surface area (Å²) < 4.78 is 1.03. The van der Waals surface area contributed by atoms with Gasteiger partial charge >= 0.3 is 0 Å². The number of hydrogen-bond acceptors (Lipinski definition) is 4. The zero-order valence-corrected chi connectivity index (χ0v) is 10.0. The summed E-state index contributed by atoms with van der Waals surface area (Å²) in [5, 5.41) is 9.63. The van der Waals surface area contributed by atoms with E-state index in [0.717, 1.165) is 15.9 Å². The molecule has 1 N–H and O–H groups in total. The third-order valence-electron chi connectivity index (χ3n) is 2.52. The lowest BCUT2D eigenvalue weighted by molar-refractivity contribution is 0.157. The first-order valence-electron chi connectivity index (χ1n) is 4.57. The van der Waals surface area contributed by atoms with E-state index in [1.165, 1.54) is 0 Å². The fraction of sp³-hybridized carbons (Fsp3) is 0.556. The average molecular weight is 305 g/mol. The van der Waals surface area contributed by atoms with Gasteiger partial charge in [-0.15, -0.1) is 0 Å². The largest absolute Gasteiger partial charge is 0.391 e. The third kappa shape index (κ3) is 1.83. The van der Waals surface area contributed by atoms with Crippen molar-refractivity contribution < 1.29 is 5.11 Å². The van der Waals surface area contributed by atoms with Crippen LogP contribution in [0.5, 0.6) is 0 Å². The average Bonchev–Trinajstić information content (AvgIpc) is 2.48. The highest BCUT2D eigenvalue weighted by Gasteiger charge is 2.29. The van der Waals surface area contributed by atoms with Crippen LogP contribution in [0.25, 0.3) is 0 Å². The van der Waals surface area contributed by atoms with Gasteiger partial charge in [-0.1, -0.05) is 6.92 Å². The molecule has 1 aromatic heterocycles. The van der Waals surface area contributed by atoms with Crippen molar-refractivity contribution in [1.29, 1.82) is 0 Å². The predicted octanol–water partition coefficient (Wildman–Crippen LogP) is 0.898. The summed E-state index contributed by atoms with van der Waals surface area (Å²) in [5.41, 5.74) is 0. The van der Waals surface area contributed by atoms with E-state index in [0.29, 0.717) is 12.5 Å². The lowest BCUT2D eigenvalue weighted by Gasteiger charge is -2.17. The SMILES string of the molecule is CC1CN(c2ncncc2I)CC1O. The van der Waals surface area contributed by atoms with E-state index in [1.54, 1.807) is 12.5 Å². The second-order valence-electron chi connectivity index (χ2n) is 3.64. The summed E-state index contributed by atoms with van der Waals surface area (Å²) in [7, 11) is 0. The maximum absolute atomic E-state index is 9.63. The molecule has 0 amide bonds. The highest BCUT2D eigenvalue weighted by Crippen LogP contribution is 2.25. The highest BCUT2D eigenvalue weighted by molar-refractivity contribution is 14.1. The topological polar surface area (TPSA) is 49.2 Å². The van der Waals surface area contributed by atoms with Crippen molar-refractivity contribution in [2.45, 2.75) is 13.0 Å². The molecular formula is C9H12IN3O. The number of nitrogens with zero attached hydrogens (tertiary/aromatic N) is 3. The Morgan fingerprint density at radius 1 is 1.57 bits per heavy atom. The molecule has 0 bridgehead atoms. The van der Waals surface area contributed by atoms with E-state index >= 15 is 0 Å². The molecule has 0 aliphatic carbocycles. The standard InChI is InChI=1S/C9H12IN3O/c1-6-3-13(4-8(6)14)9-7(10)2-11-5-12-9/h2,5-6,8,14H,3-4H2,1H3. The summed E-state index contributed by atoms with van der Waals surface area (Å²) in [5.74, 6) is 1.25. The predicted molar refractivity (Wildman–Crippen MR) is 62.1 cm³/mol. The quantitative estimate of drug-likeness (QED) is 0.783. The van der Waals surface area contributed by atoms with Crippen LogP contribution in [0.1, 0.15) is 6.92 Å². The zero-order chi connectivity index (χ0) is 10.1. The molecule has 4 nitrogen and oxygen atoms in total. The minimum Gasteiger partial charge on any atom is -0.391 e. The molecule has 2 unspecified atom stereocenters. The van der Waals surface area contributed by atoms with E-state index in [2.05, 4.69) is 44.4 Å².